The van der Waals surface area contributed by atoms with Crippen LogP contribution in [0.15, 0.2) is 72.8 Å². The van der Waals surface area contributed by atoms with Gasteiger partial charge in [-0.05, 0) is 56.3 Å². The molecule has 170 valence electrons. The molecule has 0 aromatic heterocycles. The largest absolute Gasteiger partial charge is 0.376 e. The third-order valence-electron chi connectivity index (χ3n) is 5.17. The minimum atomic E-state index is -0.286. The van der Waals surface area contributed by atoms with Crippen molar-refractivity contribution < 1.29 is 14.4 Å². The summed E-state index contributed by atoms with van der Waals surface area (Å²) in [7, 11) is 0. The Morgan fingerprint density at radius 1 is 0.848 bits per heavy atom. The smallest absolute Gasteiger partial charge is 0.253 e. The average Bonchev–Trinajstić information content (AvgIpc) is 2.84. The summed E-state index contributed by atoms with van der Waals surface area (Å²) in [6.45, 7) is 5.10. The maximum Gasteiger partial charge on any atom is 0.253 e. The van der Waals surface area contributed by atoms with E-state index >= 15 is 0 Å². The Morgan fingerprint density at radius 3 is 2.15 bits per heavy atom. The number of hydrogen-bond donors (Lipinski definition) is 2. The van der Waals surface area contributed by atoms with E-state index in [9.17, 15) is 14.4 Å². The highest BCUT2D eigenvalue weighted by Gasteiger charge is 2.16. The molecule has 3 aromatic rings. The van der Waals surface area contributed by atoms with E-state index in [1.807, 2.05) is 19.9 Å². The van der Waals surface area contributed by atoms with Crippen molar-refractivity contribution in [3.05, 3.63) is 94.5 Å². The molecule has 0 saturated carbocycles. The van der Waals surface area contributed by atoms with Crippen LogP contribution in [0, 0.1) is 0 Å². The molecule has 0 aliphatic rings. The van der Waals surface area contributed by atoms with Crippen molar-refractivity contribution in [1.29, 1.82) is 0 Å². The van der Waals surface area contributed by atoms with E-state index < -0.39 is 0 Å². The van der Waals surface area contributed by atoms with Crippen LogP contribution in [0.2, 0.25) is 5.02 Å². The summed E-state index contributed by atoms with van der Waals surface area (Å²) in [5.74, 6) is -0.516. The van der Waals surface area contributed by atoms with Crippen molar-refractivity contribution in [3.63, 3.8) is 0 Å². The summed E-state index contributed by atoms with van der Waals surface area (Å²) in [5, 5.41) is 6.24. The molecule has 33 heavy (non-hydrogen) atoms. The van der Waals surface area contributed by atoms with E-state index in [2.05, 4.69) is 10.6 Å². The first-order chi connectivity index (χ1) is 15.9. The molecule has 0 atom stereocenters. The van der Waals surface area contributed by atoms with Crippen LogP contribution in [-0.4, -0.2) is 42.1 Å². The Hall–Kier alpha value is -3.64. The minimum absolute atomic E-state index is 0.0436. The van der Waals surface area contributed by atoms with Gasteiger partial charge in [0.15, 0.2) is 5.78 Å². The number of nitrogens with zero attached hydrogens (tertiary/aromatic N) is 1. The molecule has 0 heterocycles. The second-order valence-corrected chi connectivity index (χ2v) is 7.78. The Bertz CT molecular complexity index is 1130. The number of nitrogens with one attached hydrogen (secondary N) is 2. The fourth-order valence-corrected chi connectivity index (χ4v) is 3.55. The molecule has 7 heteroatoms. The van der Waals surface area contributed by atoms with Gasteiger partial charge >= 0.3 is 0 Å². The molecule has 0 bridgehead atoms. The van der Waals surface area contributed by atoms with Crippen LogP contribution in [0.3, 0.4) is 0 Å². The second kappa shape index (κ2) is 11.3. The third-order valence-corrected chi connectivity index (χ3v) is 5.40. The molecule has 3 aromatic carbocycles. The van der Waals surface area contributed by atoms with Crippen molar-refractivity contribution in [2.45, 2.75) is 13.8 Å². The lowest BCUT2D eigenvalue weighted by molar-refractivity contribution is -0.114. The van der Waals surface area contributed by atoms with Gasteiger partial charge in [0.05, 0.1) is 6.54 Å². The summed E-state index contributed by atoms with van der Waals surface area (Å²) >= 11 is 6.11. The highest BCUT2D eigenvalue weighted by molar-refractivity contribution is 6.31. The van der Waals surface area contributed by atoms with Gasteiger partial charge in [-0.2, -0.15) is 0 Å². The van der Waals surface area contributed by atoms with Crippen LogP contribution in [-0.2, 0) is 4.79 Å². The molecule has 0 fully saturated rings. The third kappa shape index (κ3) is 6.20. The summed E-state index contributed by atoms with van der Waals surface area (Å²) in [6.07, 6.45) is 0. The van der Waals surface area contributed by atoms with Gasteiger partial charge in [-0.15, -0.1) is 0 Å². The first kappa shape index (κ1) is 24.0. The molecule has 0 unspecified atom stereocenters. The zero-order valence-corrected chi connectivity index (χ0v) is 19.4. The van der Waals surface area contributed by atoms with Crippen LogP contribution in [0.4, 0.5) is 11.4 Å². The molecule has 2 amide bonds. The van der Waals surface area contributed by atoms with Gasteiger partial charge in [-0.3, -0.25) is 14.4 Å². The highest BCUT2D eigenvalue weighted by atomic mass is 35.5. The molecular weight excluding hydrogens is 438 g/mol. The molecule has 0 aliphatic carbocycles. The summed E-state index contributed by atoms with van der Waals surface area (Å²) < 4.78 is 0. The first-order valence-corrected chi connectivity index (χ1v) is 11.1. The van der Waals surface area contributed by atoms with Gasteiger partial charge in [0, 0.05) is 46.2 Å². The van der Waals surface area contributed by atoms with Crippen molar-refractivity contribution in [2.24, 2.45) is 0 Å². The summed E-state index contributed by atoms with van der Waals surface area (Å²) in [6, 6.07) is 20.6. The fourth-order valence-electron chi connectivity index (χ4n) is 3.37. The lowest BCUT2D eigenvalue weighted by Crippen LogP contribution is -2.30. The SMILES string of the molecule is CCN(CC)C(=O)c1ccc(NC(=O)CNc2ccc(Cl)cc2C(=O)c2ccccc2)cc1. The quantitative estimate of drug-likeness (QED) is 0.432. The molecule has 0 aliphatic heterocycles. The Morgan fingerprint density at radius 2 is 1.52 bits per heavy atom. The van der Waals surface area contributed by atoms with Gasteiger partial charge in [-0.25, -0.2) is 0 Å². The van der Waals surface area contributed by atoms with Gasteiger partial charge in [0.2, 0.25) is 5.91 Å². The monoisotopic (exact) mass is 463 g/mol. The lowest BCUT2D eigenvalue weighted by atomic mass is 10.0. The summed E-state index contributed by atoms with van der Waals surface area (Å²) in [5.41, 5.74) is 2.59. The number of carbonyl (C=O) groups excluding carboxylic acids is 3. The van der Waals surface area contributed by atoms with Crippen molar-refractivity contribution in [1.82, 2.24) is 4.90 Å². The van der Waals surface area contributed by atoms with E-state index in [0.717, 1.165) is 0 Å². The van der Waals surface area contributed by atoms with Crippen molar-refractivity contribution >= 4 is 40.6 Å². The molecule has 2 N–H and O–H groups in total. The lowest BCUT2D eigenvalue weighted by Gasteiger charge is -2.18. The molecule has 0 radical (unpaired) electrons. The predicted octanol–water partition coefficient (Wildman–Crippen LogP) is 5.10. The van der Waals surface area contributed by atoms with Crippen LogP contribution < -0.4 is 10.6 Å². The standard InChI is InChI=1S/C26H26ClN3O3/c1-3-30(4-2)26(33)19-10-13-21(14-11-19)29-24(31)17-28-23-15-12-20(27)16-22(23)25(32)18-8-6-5-7-9-18/h5-16,28H,3-4,17H2,1-2H3,(H,29,31). The zero-order valence-electron chi connectivity index (χ0n) is 18.6. The van der Waals surface area contributed by atoms with Crippen LogP contribution in [0.5, 0.6) is 0 Å². The number of benzene rings is 3. The number of anilines is 2. The Balaban J connectivity index is 1.65. The van der Waals surface area contributed by atoms with E-state index in [4.69, 9.17) is 11.6 Å². The molecular formula is C26H26ClN3O3. The zero-order chi connectivity index (χ0) is 23.8. The van der Waals surface area contributed by atoms with Crippen molar-refractivity contribution in [2.75, 3.05) is 30.3 Å². The van der Waals surface area contributed by atoms with Crippen molar-refractivity contribution in [3.8, 4) is 0 Å². The molecule has 3 rings (SSSR count). The number of amides is 2. The number of hydrogen-bond acceptors (Lipinski definition) is 4. The number of ketones is 1. The van der Waals surface area contributed by atoms with Crippen LogP contribution in [0.25, 0.3) is 0 Å². The normalized spacial score (nSPS) is 10.4. The van der Waals surface area contributed by atoms with Gasteiger partial charge in [0.1, 0.15) is 0 Å². The van der Waals surface area contributed by atoms with E-state index in [0.29, 0.717) is 46.2 Å². The molecule has 0 saturated heterocycles. The Labute approximate surface area is 198 Å². The molecule has 6 nitrogen and oxygen atoms in total. The molecule has 0 spiro atoms. The minimum Gasteiger partial charge on any atom is -0.376 e. The average molecular weight is 464 g/mol. The van der Waals surface area contributed by atoms with E-state index in [1.165, 1.54) is 0 Å². The maximum atomic E-state index is 12.9. The van der Waals surface area contributed by atoms with Gasteiger partial charge in [0.25, 0.3) is 5.91 Å². The summed E-state index contributed by atoms with van der Waals surface area (Å²) in [4.78, 5) is 39.5. The Kier molecular flexibility index (Phi) is 8.22. The number of carbonyl (C=O) groups is 3. The van der Waals surface area contributed by atoms with E-state index in [-0.39, 0.29) is 24.1 Å². The van der Waals surface area contributed by atoms with Gasteiger partial charge in [-0.1, -0.05) is 41.9 Å². The number of rotatable bonds is 9. The fraction of sp³-hybridized carbons (Fsp3) is 0.192. The first-order valence-electron chi connectivity index (χ1n) is 10.7. The predicted molar refractivity (Wildman–Crippen MR) is 132 cm³/mol. The number of halogens is 1. The maximum absolute atomic E-state index is 12.9. The highest BCUT2D eigenvalue weighted by Crippen LogP contribution is 2.23. The second-order valence-electron chi connectivity index (χ2n) is 7.34. The van der Waals surface area contributed by atoms with Crippen LogP contribution >= 0.6 is 11.6 Å². The topological polar surface area (TPSA) is 78.5 Å². The van der Waals surface area contributed by atoms with Gasteiger partial charge < -0.3 is 15.5 Å². The van der Waals surface area contributed by atoms with E-state index in [1.54, 1.807) is 71.6 Å². The van der Waals surface area contributed by atoms with Crippen LogP contribution in [0.1, 0.15) is 40.1 Å².